The van der Waals surface area contributed by atoms with Crippen LogP contribution < -0.4 is 4.74 Å². The second-order valence-electron chi connectivity index (χ2n) is 2.89. The van der Waals surface area contributed by atoms with Gasteiger partial charge in [0.1, 0.15) is 0 Å². The Bertz CT molecular complexity index is 316. The average Bonchev–Trinajstić information content (AvgIpc) is 2.46. The number of carboxylic acids is 1. The lowest BCUT2D eigenvalue weighted by molar-refractivity contribution is 0.0649. The van der Waals surface area contributed by atoms with E-state index in [1.807, 2.05) is 13.8 Å². The first-order valence-corrected chi connectivity index (χ1v) is 3.84. The van der Waals surface area contributed by atoms with Gasteiger partial charge in [-0.3, -0.25) is 0 Å². The Labute approximate surface area is 75.3 Å². The molecule has 0 atom stereocenters. The molecule has 1 aromatic heterocycles. The fourth-order valence-corrected chi connectivity index (χ4v) is 1.09. The van der Waals surface area contributed by atoms with E-state index in [4.69, 9.17) is 9.84 Å². The molecule has 72 valence electrons. The topological polar surface area (TPSA) is 72.6 Å². The number of aromatic nitrogens is 1. The molecule has 13 heavy (non-hydrogen) atoms. The maximum absolute atomic E-state index is 10.7. The van der Waals surface area contributed by atoms with Crippen LogP contribution in [0.3, 0.4) is 0 Å². The molecule has 0 aromatic carbocycles. The number of methoxy groups -OCH3 is 1. The third-order valence-electron chi connectivity index (χ3n) is 1.66. The second kappa shape index (κ2) is 3.47. The summed E-state index contributed by atoms with van der Waals surface area (Å²) in [4.78, 5) is 10.7. The third kappa shape index (κ3) is 1.63. The normalized spacial score (nSPS) is 10.5. The molecule has 0 amide bonds. The largest absolute Gasteiger partial charge is 0.479 e. The molecule has 1 N–H and O–H groups in total. The molecule has 5 nitrogen and oxygen atoms in total. The van der Waals surface area contributed by atoms with E-state index in [2.05, 4.69) is 9.68 Å². The highest BCUT2D eigenvalue weighted by Gasteiger charge is 2.24. The van der Waals surface area contributed by atoms with Crippen LogP contribution in [0.4, 0.5) is 0 Å². The Morgan fingerprint density at radius 2 is 2.23 bits per heavy atom. The standard InChI is InChI=1S/C8H11NO4/c1-4(2)5-6(8(10)11)13-9-7(5)12-3/h4H,1-3H3,(H,10,11). The average molecular weight is 185 g/mol. The zero-order chi connectivity index (χ0) is 10.0. The first kappa shape index (κ1) is 9.57. The number of carbonyl (C=O) groups is 1. The monoisotopic (exact) mass is 185 g/mol. The predicted molar refractivity (Wildman–Crippen MR) is 44.1 cm³/mol. The van der Waals surface area contributed by atoms with Gasteiger partial charge in [0.15, 0.2) is 0 Å². The van der Waals surface area contributed by atoms with Crippen molar-refractivity contribution >= 4 is 5.97 Å². The summed E-state index contributed by atoms with van der Waals surface area (Å²) in [5.74, 6) is -1.02. The summed E-state index contributed by atoms with van der Waals surface area (Å²) >= 11 is 0. The van der Waals surface area contributed by atoms with Crippen LogP contribution in [0.5, 0.6) is 5.88 Å². The molecule has 0 spiro atoms. The van der Waals surface area contributed by atoms with E-state index in [1.54, 1.807) is 0 Å². The summed E-state index contributed by atoms with van der Waals surface area (Å²) in [7, 11) is 1.43. The number of hydrogen-bond acceptors (Lipinski definition) is 4. The van der Waals surface area contributed by atoms with E-state index in [1.165, 1.54) is 7.11 Å². The van der Waals surface area contributed by atoms with Gasteiger partial charge in [0.05, 0.1) is 12.7 Å². The molecule has 0 unspecified atom stereocenters. The minimum atomic E-state index is -1.13. The Hall–Kier alpha value is -1.52. The first-order chi connectivity index (χ1) is 6.07. The second-order valence-corrected chi connectivity index (χ2v) is 2.89. The minimum Gasteiger partial charge on any atom is -0.479 e. The van der Waals surface area contributed by atoms with E-state index in [0.717, 1.165) is 0 Å². The van der Waals surface area contributed by atoms with E-state index in [0.29, 0.717) is 5.56 Å². The number of ether oxygens (including phenoxy) is 1. The molecular formula is C8H11NO4. The molecule has 0 saturated heterocycles. The molecule has 0 aliphatic carbocycles. The number of nitrogens with zero attached hydrogens (tertiary/aromatic N) is 1. The van der Waals surface area contributed by atoms with Crippen molar-refractivity contribution in [1.29, 1.82) is 0 Å². The molecule has 0 radical (unpaired) electrons. The van der Waals surface area contributed by atoms with Crippen LogP contribution in [0.25, 0.3) is 0 Å². The lowest BCUT2D eigenvalue weighted by atomic mass is 10.0. The van der Waals surface area contributed by atoms with Crippen molar-refractivity contribution in [2.75, 3.05) is 7.11 Å². The molecule has 5 heteroatoms. The van der Waals surface area contributed by atoms with Crippen molar-refractivity contribution in [3.8, 4) is 5.88 Å². The number of rotatable bonds is 3. The van der Waals surface area contributed by atoms with E-state index < -0.39 is 5.97 Å². The highest BCUT2D eigenvalue weighted by molar-refractivity contribution is 5.86. The van der Waals surface area contributed by atoms with Crippen LogP contribution in [-0.2, 0) is 0 Å². The van der Waals surface area contributed by atoms with Crippen LogP contribution in [-0.4, -0.2) is 23.3 Å². The number of hydrogen-bond donors (Lipinski definition) is 1. The fourth-order valence-electron chi connectivity index (χ4n) is 1.09. The molecule has 0 fully saturated rings. The molecule has 1 heterocycles. The number of aromatic carboxylic acids is 1. The zero-order valence-corrected chi connectivity index (χ0v) is 7.70. The van der Waals surface area contributed by atoms with Gasteiger partial charge in [0, 0.05) is 0 Å². The SMILES string of the molecule is COc1noc(C(=O)O)c1C(C)C. The maximum atomic E-state index is 10.7. The van der Waals surface area contributed by atoms with Crippen molar-refractivity contribution < 1.29 is 19.2 Å². The van der Waals surface area contributed by atoms with Crippen molar-refractivity contribution in [2.45, 2.75) is 19.8 Å². The predicted octanol–water partition coefficient (Wildman–Crippen LogP) is 1.50. The van der Waals surface area contributed by atoms with Gasteiger partial charge in [-0.25, -0.2) is 4.79 Å². The highest BCUT2D eigenvalue weighted by Crippen LogP contribution is 2.28. The van der Waals surface area contributed by atoms with Crippen LogP contribution >= 0.6 is 0 Å². The van der Waals surface area contributed by atoms with Crippen LogP contribution in [0.2, 0.25) is 0 Å². The van der Waals surface area contributed by atoms with Gasteiger partial charge >= 0.3 is 5.97 Å². The summed E-state index contributed by atoms with van der Waals surface area (Å²) in [6.45, 7) is 3.70. The summed E-state index contributed by atoms with van der Waals surface area (Å²) in [6, 6.07) is 0. The molecule has 1 aromatic rings. The molecular weight excluding hydrogens is 174 g/mol. The minimum absolute atomic E-state index is 0.00676. The first-order valence-electron chi connectivity index (χ1n) is 3.84. The summed E-state index contributed by atoms with van der Waals surface area (Å²) in [6.07, 6.45) is 0. The van der Waals surface area contributed by atoms with Crippen LogP contribution in [0.15, 0.2) is 4.52 Å². The van der Waals surface area contributed by atoms with Gasteiger partial charge < -0.3 is 14.4 Å². The van der Waals surface area contributed by atoms with Crippen molar-refractivity contribution in [3.05, 3.63) is 11.3 Å². The van der Waals surface area contributed by atoms with E-state index in [-0.39, 0.29) is 17.6 Å². The molecule has 0 aliphatic heterocycles. The molecule has 0 aliphatic rings. The van der Waals surface area contributed by atoms with Gasteiger partial charge in [-0.15, -0.1) is 0 Å². The Morgan fingerprint density at radius 1 is 1.62 bits per heavy atom. The summed E-state index contributed by atoms with van der Waals surface area (Å²) < 4.78 is 9.50. The fraction of sp³-hybridized carbons (Fsp3) is 0.500. The smallest absolute Gasteiger partial charge is 0.375 e. The van der Waals surface area contributed by atoms with Crippen LogP contribution in [0, 0.1) is 0 Å². The summed E-state index contributed by atoms with van der Waals surface area (Å²) in [5.41, 5.74) is 0.495. The number of carboxylic acid groups (broad SMARTS) is 1. The van der Waals surface area contributed by atoms with Crippen molar-refractivity contribution in [1.82, 2.24) is 5.16 Å². The lowest BCUT2D eigenvalue weighted by Gasteiger charge is -2.03. The van der Waals surface area contributed by atoms with Crippen molar-refractivity contribution in [3.63, 3.8) is 0 Å². The quantitative estimate of drug-likeness (QED) is 0.772. The van der Waals surface area contributed by atoms with Gasteiger partial charge in [0.2, 0.25) is 0 Å². The third-order valence-corrected chi connectivity index (χ3v) is 1.66. The van der Waals surface area contributed by atoms with Crippen molar-refractivity contribution in [2.24, 2.45) is 0 Å². The van der Waals surface area contributed by atoms with Gasteiger partial charge in [-0.1, -0.05) is 13.8 Å². The Kier molecular flexibility index (Phi) is 2.55. The highest BCUT2D eigenvalue weighted by atomic mass is 16.5. The lowest BCUT2D eigenvalue weighted by Crippen LogP contribution is -2.01. The Balaban J connectivity index is 3.22. The Morgan fingerprint density at radius 3 is 2.62 bits per heavy atom. The van der Waals surface area contributed by atoms with Crippen LogP contribution in [0.1, 0.15) is 35.9 Å². The molecule has 0 bridgehead atoms. The molecule has 0 saturated carbocycles. The molecule has 1 rings (SSSR count). The van der Waals surface area contributed by atoms with E-state index >= 15 is 0 Å². The zero-order valence-electron chi connectivity index (χ0n) is 7.70. The maximum Gasteiger partial charge on any atom is 0.375 e. The van der Waals surface area contributed by atoms with Gasteiger partial charge in [-0.05, 0) is 11.1 Å². The van der Waals surface area contributed by atoms with Gasteiger partial charge in [-0.2, -0.15) is 0 Å². The summed E-state index contributed by atoms with van der Waals surface area (Å²) in [5, 5.41) is 12.2. The van der Waals surface area contributed by atoms with Gasteiger partial charge in [0.25, 0.3) is 11.6 Å². The van der Waals surface area contributed by atoms with E-state index in [9.17, 15) is 4.79 Å².